The van der Waals surface area contributed by atoms with Crippen molar-refractivity contribution in [2.24, 2.45) is 5.92 Å². The van der Waals surface area contributed by atoms with E-state index in [9.17, 15) is 26.4 Å². The van der Waals surface area contributed by atoms with Crippen LogP contribution in [0.5, 0.6) is 0 Å². The van der Waals surface area contributed by atoms with Crippen LogP contribution >= 0.6 is 0 Å². The zero-order valence-electron chi connectivity index (χ0n) is 20.8. The molecular weight excluding hydrogens is 511 g/mol. The lowest BCUT2D eigenvalue weighted by Crippen LogP contribution is -2.47. The largest absolute Gasteiger partial charge is 0.459 e. The van der Waals surface area contributed by atoms with Crippen LogP contribution in [0.2, 0.25) is 0 Å². The summed E-state index contributed by atoms with van der Waals surface area (Å²) in [5, 5.41) is 4.72. The van der Waals surface area contributed by atoms with Gasteiger partial charge in [-0.1, -0.05) is 13.8 Å². The molecule has 37 heavy (non-hydrogen) atoms. The van der Waals surface area contributed by atoms with Gasteiger partial charge >= 0.3 is 12.1 Å². The number of hydrogen-bond donors (Lipinski definition) is 1. The minimum atomic E-state index is -4.56. The van der Waals surface area contributed by atoms with Crippen LogP contribution in [0.3, 0.4) is 0 Å². The van der Waals surface area contributed by atoms with Gasteiger partial charge in [-0.15, -0.1) is 0 Å². The quantitative estimate of drug-likeness (QED) is 0.329. The molecule has 12 heteroatoms. The molecule has 0 radical (unpaired) electrons. The number of benzene rings is 2. The van der Waals surface area contributed by atoms with E-state index in [1.807, 2.05) is 0 Å². The van der Waals surface area contributed by atoms with E-state index in [-0.39, 0.29) is 16.4 Å². The highest BCUT2D eigenvalue weighted by Crippen LogP contribution is 2.33. The third-order valence-electron chi connectivity index (χ3n) is 5.49. The van der Waals surface area contributed by atoms with Gasteiger partial charge in [0, 0.05) is 23.0 Å². The maximum Gasteiger partial charge on any atom is 0.435 e. The second kappa shape index (κ2) is 9.18. The van der Waals surface area contributed by atoms with Crippen LogP contribution in [0.1, 0.15) is 40.3 Å². The average Bonchev–Trinajstić information content (AvgIpc) is 3.40. The molecule has 0 spiro atoms. The van der Waals surface area contributed by atoms with Crippen molar-refractivity contribution >= 4 is 37.9 Å². The first-order valence-corrected chi connectivity index (χ1v) is 12.9. The Hall–Kier alpha value is -3.38. The molecule has 0 aliphatic rings. The van der Waals surface area contributed by atoms with Crippen LogP contribution < -0.4 is 4.72 Å². The summed E-state index contributed by atoms with van der Waals surface area (Å²) in [5.41, 5.74) is -0.756. The van der Waals surface area contributed by atoms with Gasteiger partial charge in [-0.3, -0.25) is 4.79 Å². The van der Waals surface area contributed by atoms with Crippen molar-refractivity contribution in [1.82, 2.24) is 14.5 Å². The normalized spacial score (nSPS) is 14.0. The Balaban J connectivity index is 1.67. The average molecular weight is 538 g/mol. The molecule has 0 fully saturated rings. The van der Waals surface area contributed by atoms with Crippen LogP contribution in [0.15, 0.2) is 58.0 Å². The summed E-state index contributed by atoms with van der Waals surface area (Å²) in [6, 6.07) is 8.75. The Bertz CT molecular complexity index is 1580. The van der Waals surface area contributed by atoms with E-state index in [1.54, 1.807) is 58.9 Å². The Kier molecular flexibility index (Phi) is 6.62. The number of nitrogens with one attached hydrogen (secondary N) is 1. The first-order valence-electron chi connectivity index (χ1n) is 11.4. The van der Waals surface area contributed by atoms with Crippen molar-refractivity contribution in [3.8, 4) is 5.69 Å². The van der Waals surface area contributed by atoms with Gasteiger partial charge in [0.2, 0.25) is 10.0 Å². The number of ether oxygens (including phenoxy) is 1. The summed E-state index contributed by atoms with van der Waals surface area (Å²) in [4.78, 5) is 12.5. The number of esters is 1. The maximum atomic E-state index is 13.1. The van der Waals surface area contributed by atoms with Gasteiger partial charge < -0.3 is 9.15 Å². The van der Waals surface area contributed by atoms with Crippen molar-refractivity contribution in [2.75, 3.05) is 0 Å². The fourth-order valence-corrected chi connectivity index (χ4v) is 5.08. The third kappa shape index (κ3) is 5.64. The number of sulfonamides is 1. The molecule has 1 N–H and O–H groups in total. The molecule has 0 aliphatic heterocycles. The van der Waals surface area contributed by atoms with Crippen molar-refractivity contribution in [3.05, 3.63) is 54.4 Å². The van der Waals surface area contributed by atoms with Crippen LogP contribution in [0, 0.1) is 5.92 Å². The molecule has 8 nitrogen and oxygen atoms in total. The molecular formula is C25H26F3N3O5S. The number of furan rings is 1. The molecule has 2 heterocycles. The van der Waals surface area contributed by atoms with Gasteiger partial charge in [-0.05, 0) is 63.1 Å². The number of fused-ring (bicyclic) bond motifs is 3. The molecule has 0 unspecified atom stereocenters. The maximum absolute atomic E-state index is 13.1. The van der Waals surface area contributed by atoms with E-state index >= 15 is 0 Å². The predicted octanol–water partition coefficient (Wildman–Crippen LogP) is 5.44. The number of carbonyl (C=O) groups excluding carboxylic acids is 1. The highest BCUT2D eigenvalue weighted by atomic mass is 32.2. The lowest BCUT2D eigenvalue weighted by atomic mass is 10.1. The highest BCUT2D eigenvalue weighted by Gasteiger charge is 2.34. The molecule has 0 saturated heterocycles. The number of rotatable bonds is 6. The van der Waals surface area contributed by atoms with E-state index in [2.05, 4.69) is 9.82 Å². The molecule has 4 rings (SSSR count). The first-order chi connectivity index (χ1) is 17.0. The van der Waals surface area contributed by atoms with Gasteiger partial charge in [0.15, 0.2) is 5.69 Å². The number of carbonyl (C=O) groups is 1. The molecule has 0 amide bonds. The molecule has 2 aromatic carbocycles. The SMILES string of the molecule is CC(C)[C@H](NS(=O)(=O)c1ccc2c(c1)oc1ccc(-n3ccc(C(F)(F)F)n3)cc12)C(=O)OC(C)(C)C. The minimum Gasteiger partial charge on any atom is -0.459 e. The lowest BCUT2D eigenvalue weighted by molar-refractivity contribution is -0.158. The molecule has 2 aromatic heterocycles. The summed E-state index contributed by atoms with van der Waals surface area (Å²) in [5.74, 6) is -1.06. The highest BCUT2D eigenvalue weighted by molar-refractivity contribution is 7.89. The smallest absolute Gasteiger partial charge is 0.435 e. The zero-order chi connectivity index (χ0) is 27.3. The Morgan fingerprint density at radius 3 is 2.32 bits per heavy atom. The van der Waals surface area contributed by atoms with Crippen molar-refractivity contribution < 1.29 is 35.5 Å². The Morgan fingerprint density at radius 1 is 1.03 bits per heavy atom. The van der Waals surface area contributed by atoms with E-state index in [0.29, 0.717) is 22.0 Å². The number of aromatic nitrogens is 2. The number of nitrogens with zero attached hydrogens (tertiary/aromatic N) is 2. The second-order valence-electron chi connectivity index (χ2n) is 9.96. The van der Waals surface area contributed by atoms with E-state index in [1.165, 1.54) is 18.3 Å². The molecule has 0 saturated carbocycles. The number of halogens is 3. The van der Waals surface area contributed by atoms with Gasteiger partial charge in [0.05, 0.1) is 10.6 Å². The fraction of sp³-hybridized carbons (Fsp3) is 0.360. The minimum absolute atomic E-state index is 0.115. The summed E-state index contributed by atoms with van der Waals surface area (Å²) in [6.45, 7) is 8.49. The summed E-state index contributed by atoms with van der Waals surface area (Å²) in [6.07, 6.45) is -3.36. The summed E-state index contributed by atoms with van der Waals surface area (Å²) in [7, 11) is -4.13. The van der Waals surface area contributed by atoms with Crippen LogP contribution in [-0.2, 0) is 25.7 Å². The zero-order valence-corrected chi connectivity index (χ0v) is 21.6. The molecule has 4 aromatic rings. The van der Waals surface area contributed by atoms with Gasteiger partial charge in [-0.25, -0.2) is 13.1 Å². The lowest BCUT2D eigenvalue weighted by Gasteiger charge is -2.26. The predicted molar refractivity (Wildman–Crippen MR) is 131 cm³/mol. The monoisotopic (exact) mass is 537 g/mol. The van der Waals surface area contributed by atoms with E-state index in [4.69, 9.17) is 9.15 Å². The molecule has 0 aliphatic carbocycles. The van der Waals surface area contributed by atoms with E-state index < -0.39 is 39.5 Å². The second-order valence-corrected chi connectivity index (χ2v) is 11.7. The standard InChI is InChI=1S/C25H26F3N3O5S/c1-14(2)22(23(32)36-24(3,4)5)30-37(33,34)16-7-8-17-18-12-15(6-9-19(18)35-20(17)13-16)31-11-10-21(29-31)25(26,27)28/h6-14,22,30H,1-5H3/t22-/m0/s1. The van der Waals surface area contributed by atoms with Gasteiger partial charge in [-0.2, -0.15) is 23.0 Å². The third-order valence-corrected chi connectivity index (χ3v) is 6.93. The molecule has 0 bridgehead atoms. The Labute approximate surface area is 211 Å². The van der Waals surface area contributed by atoms with E-state index in [0.717, 1.165) is 10.7 Å². The van der Waals surface area contributed by atoms with Crippen LogP contribution in [0.25, 0.3) is 27.6 Å². The molecule has 1 atom stereocenters. The fourth-order valence-electron chi connectivity index (χ4n) is 3.73. The van der Waals surface area contributed by atoms with Crippen molar-refractivity contribution in [1.29, 1.82) is 0 Å². The topological polar surface area (TPSA) is 103 Å². The van der Waals surface area contributed by atoms with Crippen molar-refractivity contribution in [3.63, 3.8) is 0 Å². The number of alkyl halides is 3. The Morgan fingerprint density at radius 2 is 1.73 bits per heavy atom. The van der Waals surface area contributed by atoms with Crippen molar-refractivity contribution in [2.45, 2.75) is 57.3 Å². The van der Waals surface area contributed by atoms with Gasteiger partial charge in [0.25, 0.3) is 0 Å². The molecule has 198 valence electrons. The van der Waals surface area contributed by atoms with Crippen LogP contribution in [-0.4, -0.2) is 35.8 Å². The summed E-state index contributed by atoms with van der Waals surface area (Å²) < 4.78 is 79.8. The first kappa shape index (κ1) is 26.7. The van der Waals surface area contributed by atoms with Crippen LogP contribution in [0.4, 0.5) is 13.2 Å². The number of hydrogen-bond acceptors (Lipinski definition) is 6. The summed E-state index contributed by atoms with van der Waals surface area (Å²) >= 11 is 0. The van der Waals surface area contributed by atoms with Gasteiger partial charge in [0.1, 0.15) is 22.8 Å².